The molecule has 0 aliphatic rings. The first-order chi connectivity index (χ1) is 10.3. The van der Waals surface area contributed by atoms with Gasteiger partial charge in [0.15, 0.2) is 5.96 Å². The third kappa shape index (κ3) is 4.87. The molecule has 0 spiro atoms. The first kappa shape index (κ1) is 15.0. The maximum atomic E-state index is 4.27. The minimum Gasteiger partial charge on any atom is -0.356 e. The summed E-state index contributed by atoms with van der Waals surface area (Å²) in [6.07, 6.45) is 6.46. The second kappa shape index (κ2) is 7.99. The van der Waals surface area contributed by atoms with Crippen LogP contribution in [0.4, 0.5) is 0 Å². The summed E-state index contributed by atoms with van der Waals surface area (Å²) in [5, 5.41) is 6.56. The highest BCUT2D eigenvalue weighted by Crippen LogP contribution is 2.04. The predicted octanol–water partition coefficient (Wildman–Crippen LogP) is 1.69. The van der Waals surface area contributed by atoms with E-state index in [-0.39, 0.29) is 0 Å². The molecule has 110 valence electrons. The van der Waals surface area contributed by atoms with Crippen molar-refractivity contribution in [2.75, 3.05) is 13.6 Å². The summed E-state index contributed by atoms with van der Waals surface area (Å²) >= 11 is 0. The van der Waals surface area contributed by atoms with Crippen LogP contribution in [0.25, 0.3) is 0 Å². The van der Waals surface area contributed by atoms with Crippen LogP contribution in [0, 0.1) is 6.92 Å². The monoisotopic (exact) mass is 283 g/mol. The molecule has 5 nitrogen and oxygen atoms in total. The zero-order valence-corrected chi connectivity index (χ0v) is 12.5. The maximum Gasteiger partial charge on any atom is 0.191 e. The third-order valence-electron chi connectivity index (χ3n) is 3.21. The summed E-state index contributed by atoms with van der Waals surface area (Å²) in [5.41, 5.74) is 3.51. The van der Waals surface area contributed by atoms with Crippen molar-refractivity contribution in [3.63, 3.8) is 0 Å². The molecule has 2 rings (SSSR count). The molecule has 2 heterocycles. The first-order valence-electron chi connectivity index (χ1n) is 7.03. The lowest BCUT2D eigenvalue weighted by Crippen LogP contribution is -2.38. The molecule has 0 radical (unpaired) electrons. The van der Waals surface area contributed by atoms with Gasteiger partial charge in [0.1, 0.15) is 0 Å². The fourth-order valence-corrected chi connectivity index (χ4v) is 2.00. The largest absolute Gasteiger partial charge is 0.356 e. The number of hydrogen-bond acceptors (Lipinski definition) is 3. The molecular weight excluding hydrogens is 262 g/mol. The molecule has 0 aromatic carbocycles. The summed E-state index contributed by atoms with van der Waals surface area (Å²) in [7, 11) is 1.77. The van der Waals surface area contributed by atoms with Crippen molar-refractivity contribution in [1.29, 1.82) is 0 Å². The Bertz CT molecular complexity index is 580. The van der Waals surface area contributed by atoms with Crippen LogP contribution in [0.5, 0.6) is 0 Å². The van der Waals surface area contributed by atoms with Gasteiger partial charge >= 0.3 is 0 Å². The van der Waals surface area contributed by atoms with E-state index in [2.05, 4.69) is 38.6 Å². The molecule has 2 aromatic heterocycles. The summed E-state index contributed by atoms with van der Waals surface area (Å²) in [5.74, 6) is 0.785. The van der Waals surface area contributed by atoms with Crippen molar-refractivity contribution in [2.45, 2.75) is 19.9 Å². The van der Waals surface area contributed by atoms with Crippen LogP contribution >= 0.6 is 0 Å². The lowest BCUT2D eigenvalue weighted by atomic mass is 10.1. The zero-order chi connectivity index (χ0) is 14.9. The van der Waals surface area contributed by atoms with Gasteiger partial charge in [-0.2, -0.15) is 0 Å². The Morgan fingerprint density at radius 2 is 2.10 bits per heavy atom. The van der Waals surface area contributed by atoms with Crippen LogP contribution in [0.3, 0.4) is 0 Å². The molecule has 0 amide bonds. The van der Waals surface area contributed by atoms with E-state index in [1.807, 2.05) is 30.6 Å². The Labute approximate surface area is 125 Å². The van der Waals surface area contributed by atoms with Gasteiger partial charge in [-0.05, 0) is 42.7 Å². The number of nitrogens with zero attached hydrogens (tertiary/aromatic N) is 3. The average molecular weight is 283 g/mol. The van der Waals surface area contributed by atoms with Crippen molar-refractivity contribution in [3.8, 4) is 0 Å². The molecule has 2 aromatic rings. The molecule has 0 fully saturated rings. The highest BCUT2D eigenvalue weighted by atomic mass is 15.2. The van der Waals surface area contributed by atoms with Crippen LogP contribution in [-0.2, 0) is 13.0 Å². The van der Waals surface area contributed by atoms with E-state index in [0.717, 1.165) is 24.6 Å². The van der Waals surface area contributed by atoms with Gasteiger partial charge in [-0.15, -0.1) is 0 Å². The number of aromatic nitrogens is 2. The molecule has 0 saturated carbocycles. The second-order valence-corrected chi connectivity index (χ2v) is 4.73. The van der Waals surface area contributed by atoms with Gasteiger partial charge in [0.2, 0.25) is 0 Å². The molecule has 5 heteroatoms. The maximum absolute atomic E-state index is 4.27. The Morgan fingerprint density at radius 3 is 2.81 bits per heavy atom. The molecule has 21 heavy (non-hydrogen) atoms. The highest BCUT2D eigenvalue weighted by Gasteiger charge is 2.00. The zero-order valence-electron chi connectivity index (χ0n) is 12.5. The molecule has 0 saturated heterocycles. The summed E-state index contributed by atoms with van der Waals surface area (Å²) < 4.78 is 0. The molecule has 0 aliphatic heterocycles. The average Bonchev–Trinajstić information content (AvgIpc) is 2.53. The Morgan fingerprint density at radius 1 is 1.19 bits per heavy atom. The van der Waals surface area contributed by atoms with E-state index in [1.165, 1.54) is 11.1 Å². The Hall–Kier alpha value is -2.43. The SMILES string of the molecule is CN=C(NCCc1ccncc1C)NCc1ccccn1. The molecule has 2 N–H and O–H groups in total. The number of aryl methyl sites for hydroxylation is 1. The van der Waals surface area contributed by atoms with Crippen LogP contribution in [0.15, 0.2) is 47.8 Å². The summed E-state index contributed by atoms with van der Waals surface area (Å²) in [4.78, 5) is 12.6. The number of pyridine rings is 2. The molecule has 0 aliphatic carbocycles. The first-order valence-corrected chi connectivity index (χ1v) is 7.03. The van der Waals surface area contributed by atoms with Gasteiger partial charge < -0.3 is 10.6 Å². The number of nitrogens with one attached hydrogen (secondary N) is 2. The molecule has 0 unspecified atom stereocenters. The lowest BCUT2D eigenvalue weighted by Gasteiger charge is -2.12. The topological polar surface area (TPSA) is 62.2 Å². The number of guanidine groups is 1. The van der Waals surface area contributed by atoms with Crippen LogP contribution in [-0.4, -0.2) is 29.5 Å². The van der Waals surface area contributed by atoms with E-state index in [4.69, 9.17) is 0 Å². The Kier molecular flexibility index (Phi) is 5.70. The lowest BCUT2D eigenvalue weighted by molar-refractivity contribution is 0.781. The summed E-state index contributed by atoms with van der Waals surface area (Å²) in [6, 6.07) is 7.93. The normalized spacial score (nSPS) is 11.2. The van der Waals surface area contributed by atoms with E-state index < -0.39 is 0 Å². The number of hydrogen-bond donors (Lipinski definition) is 2. The van der Waals surface area contributed by atoms with E-state index in [1.54, 1.807) is 13.2 Å². The van der Waals surface area contributed by atoms with Crippen LogP contribution < -0.4 is 10.6 Å². The second-order valence-electron chi connectivity index (χ2n) is 4.73. The van der Waals surface area contributed by atoms with E-state index >= 15 is 0 Å². The molecular formula is C16H21N5. The van der Waals surface area contributed by atoms with E-state index in [9.17, 15) is 0 Å². The van der Waals surface area contributed by atoms with Gasteiger partial charge in [-0.3, -0.25) is 15.0 Å². The van der Waals surface area contributed by atoms with Gasteiger partial charge in [-0.1, -0.05) is 6.07 Å². The van der Waals surface area contributed by atoms with Crippen molar-refractivity contribution >= 4 is 5.96 Å². The number of aliphatic imine (C=N–C) groups is 1. The van der Waals surface area contributed by atoms with E-state index in [0.29, 0.717) is 6.54 Å². The fraction of sp³-hybridized carbons (Fsp3) is 0.312. The van der Waals surface area contributed by atoms with Gasteiger partial charge in [0.05, 0.1) is 12.2 Å². The highest BCUT2D eigenvalue weighted by molar-refractivity contribution is 5.79. The molecule has 0 bridgehead atoms. The smallest absolute Gasteiger partial charge is 0.191 e. The minimum absolute atomic E-state index is 0.662. The quantitative estimate of drug-likeness (QED) is 0.647. The van der Waals surface area contributed by atoms with Crippen molar-refractivity contribution in [2.24, 2.45) is 4.99 Å². The number of rotatable bonds is 5. The van der Waals surface area contributed by atoms with Crippen molar-refractivity contribution in [1.82, 2.24) is 20.6 Å². The van der Waals surface area contributed by atoms with Gasteiger partial charge in [0.25, 0.3) is 0 Å². The molecule has 0 atom stereocenters. The van der Waals surface area contributed by atoms with Crippen LogP contribution in [0.1, 0.15) is 16.8 Å². The Balaban J connectivity index is 1.77. The van der Waals surface area contributed by atoms with Crippen molar-refractivity contribution in [3.05, 3.63) is 59.7 Å². The summed E-state index contributed by atoms with van der Waals surface area (Å²) in [6.45, 7) is 3.57. The predicted molar refractivity (Wildman–Crippen MR) is 85.1 cm³/mol. The standard InChI is InChI=1S/C16H21N5/c1-13-11-18-9-6-14(13)7-10-20-16(17-2)21-12-15-5-3-4-8-19-15/h3-6,8-9,11H,7,10,12H2,1-2H3,(H2,17,20,21). The minimum atomic E-state index is 0.662. The van der Waals surface area contributed by atoms with Gasteiger partial charge in [-0.25, -0.2) is 0 Å². The van der Waals surface area contributed by atoms with Crippen LogP contribution in [0.2, 0.25) is 0 Å². The fourth-order valence-electron chi connectivity index (χ4n) is 2.00. The third-order valence-corrected chi connectivity index (χ3v) is 3.21. The van der Waals surface area contributed by atoms with Crippen molar-refractivity contribution < 1.29 is 0 Å². The van der Waals surface area contributed by atoms with Gasteiger partial charge in [0, 0.05) is 32.2 Å².